The molecule has 20 heavy (non-hydrogen) atoms. The van der Waals surface area contributed by atoms with E-state index in [1.165, 1.54) is 12.8 Å². The molecule has 1 saturated carbocycles. The standard InChI is InChI=1S/C17H25NO2/c1-12-6-4-8-15(10-12)20-11-17(19)18-16-9-5-7-13(2)14(16)3/h4,6,8,10,13-14,16H,5,7,9,11H2,1-3H3,(H,18,19)/t13-,14-,16+/m0/s1. The third-order valence-corrected chi connectivity index (χ3v) is 4.41. The van der Waals surface area contributed by atoms with Gasteiger partial charge in [-0.3, -0.25) is 4.79 Å². The van der Waals surface area contributed by atoms with Gasteiger partial charge in [-0.15, -0.1) is 0 Å². The van der Waals surface area contributed by atoms with E-state index in [1.54, 1.807) is 0 Å². The highest BCUT2D eigenvalue weighted by atomic mass is 16.5. The maximum atomic E-state index is 12.0. The summed E-state index contributed by atoms with van der Waals surface area (Å²) in [5, 5.41) is 3.12. The van der Waals surface area contributed by atoms with Crippen molar-refractivity contribution in [3.05, 3.63) is 29.8 Å². The molecule has 1 aromatic rings. The smallest absolute Gasteiger partial charge is 0.258 e. The van der Waals surface area contributed by atoms with Gasteiger partial charge < -0.3 is 10.1 Å². The minimum absolute atomic E-state index is 0.0162. The molecular formula is C17H25NO2. The average molecular weight is 275 g/mol. The van der Waals surface area contributed by atoms with Gasteiger partial charge in [-0.2, -0.15) is 0 Å². The van der Waals surface area contributed by atoms with Crippen molar-refractivity contribution in [3.8, 4) is 5.75 Å². The molecule has 2 rings (SSSR count). The minimum Gasteiger partial charge on any atom is -0.484 e. The maximum Gasteiger partial charge on any atom is 0.258 e. The van der Waals surface area contributed by atoms with E-state index >= 15 is 0 Å². The fraction of sp³-hybridized carbons (Fsp3) is 0.588. The predicted molar refractivity (Wildman–Crippen MR) is 80.8 cm³/mol. The highest BCUT2D eigenvalue weighted by Gasteiger charge is 2.28. The lowest BCUT2D eigenvalue weighted by molar-refractivity contribution is -0.124. The highest BCUT2D eigenvalue weighted by Crippen LogP contribution is 2.29. The molecule has 1 N–H and O–H groups in total. The van der Waals surface area contributed by atoms with Gasteiger partial charge in [0.2, 0.25) is 0 Å². The zero-order valence-corrected chi connectivity index (χ0v) is 12.7. The summed E-state index contributed by atoms with van der Waals surface area (Å²) in [4.78, 5) is 12.0. The van der Waals surface area contributed by atoms with Crippen LogP contribution in [-0.2, 0) is 4.79 Å². The summed E-state index contributed by atoms with van der Waals surface area (Å²) in [5.41, 5.74) is 1.14. The van der Waals surface area contributed by atoms with Gasteiger partial charge in [-0.25, -0.2) is 0 Å². The van der Waals surface area contributed by atoms with Crippen molar-refractivity contribution in [2.45, 2.75) is 46.1 Å². The lowest BCUT2D eigenvalue weighted by atomic mass is 9.78. The van der Waals surface area contributed by atoms with Crippen molar-refractivity contribution in [2.24, 2.45) is 11.8 Å². The Morgan fingerprint density at radius 2 is 2.15 bits per heavy atom. The Morgan fingerprint density at radius 3 is 2.90 bits per heavy atom. The molecule has 0 bridgehead atoms. The van der Waals surface area contributed by atoms with Crippen molar-refractivity contribution in [1.82, 2.24) is 5.32 Å². The van der Waals surface area contributed by atoms with Crippen LogP contribution in [0.2, 0.25) is 0 Å². The van der Waals surface area contributed by atoms with Crippen LogP contribution in [0.15, 0.2) is 24.3 Å². The Morgan fingerprint density at radius 1 is 1.35 bits per heavy atom. The average Bonchev–Trinajstić information content (AvgIpc) is 2.42. The zero-order chi connectivity index (χ0) is 14.5. The Balaban J connectivity index is 1.80. The Hall–Kier alpha value is -1.51. The van der Waals surface area contributed by atoms with Gasteiger partial charge in [0.1, 0.15) is 5.75 Å². The Labute approximate surface area is 121 Å². The van der Waals surface area contributed by atoms with Gasteiger partial charge in [-0.1, -0.05) is 38.8 Å². The molecule has 0 unspecified atom stereocenters. The number of benzene rings is 1. The molecular weight excluding hydrogens is 250 g/mol. The van der Waals surface area contributed by atoms with Crippen LogP contribution in [0, 0.1) is 18.8 Å². The molecule has 1 fully saturated rings. The fourth-order valence-electron chi connectivity index (χ4n) is 2.89. The van der Waals surface area contributed by atoms with E-state index in [9.17, 15) is 4.79 Å². The number of hydrogen-bond acceptors (Lipinski definition) is 2. The van der Waals surface area contributed by atoms with E-state index in [4.69, 9.17) is 4.74 Å². The van der Waals surface area contributed by atoms with E-state index in [0.29, 0.717) is 17.9 Å². The summed E-state index contributed by atoms with van der Waals surface area (Å²) in [6.07, 6.45) is 3.56. The fourth-order valence-corrected chi connectivity index (χ4v) is 2.89. The van der Waals surface area contributed by atoms with Crippen LogP contribution in [0.25, 0.3) is 0 Å². The summed E-state index contributed by atoms with van der Waals surface area (Å²) >= 11 is 0. The first-order chi connectivity index (χ1) is 9.56. The van der Waals surface area contributed by atoms with Crippen LogP contribution in [0.1, 0.15) is 38.7 Å². The number of carbonyl (C=O) groups excluding carboxylic acids is 1. The van der Waals surface area contributed by atoms with Crippen LogP contribution in [0.3, 0.4) is 0 Å². The van der Waals surface area contributed by atoms with Crippen LogP contribution in [0.5, 0.6) is 5.75 Å². The number of nitrogens with one attached hydrogen (secondary N) is 1. The summed E-state index contributed by atoms with van der Waals surface area (Å²) in [7, 11) is 0. The highest BCUT2D eigenvalue weighted by molar-refractivity contribution is 5.77. The topological polar surface area (TPSA) is 38.3 Å². The number of rotatable bonds is 4. The summed E-state index contributed by atoms with van der Waals surface area (Å²) in [6, 6.07) is 8.07. The quantitative estimate of drug-likeness (QED) is 0.915. The summed E-state index contributed by atoms with van der Waals surface area (Å²) in [5.74, 6) is 1.97. The number of carbonyl (C=O) groups is 1. The molecule has 110 valence electrons. The molecule has 0 radical (unpaired) electrons. The van der Waals surface area contributed by atoms with E-state index < -0.39 is 0 Å². The Kier molecular flexibility index (Phi) is 5.05. The molecule has 0 heterocycles. The van der Waals surface area contributed by atoms with Crippen molar-refractivity contribution in [1.29, 1.82) is 0 Å². The molecule has 1 amide bonds. The summed E-state index contributed by atoms with van der Waals surface area (Å²) < 4.78 is 5.54. The molecule has 1 aliphatic carbocycles. The van der Waals surface area contributed by atoms with Crippen molar-refractivity contribution in [3.63, 3.8) is 0 Å². The van der Waals surface area contributed by atoms with Gasteiger partial charge in [-0.05, 0) is 42.9 Å². The molecule has 3 atom stereocenters. The van der Waals surface area contributed by atoms with Crippen molar-refractivity contribution in [2.75, 3.05) is 6.61 Å². The van der Waals surface area contributed by atoms with Crippen LogP contribution >= 0.6 is 0 Å². The number of aryl methyl sites for hydroxylation is 1. The molecule has 3 nitrogen and oxygen atoms in total. The van der Waals surface area contributed by atoms with Gasteiger partial charge in [0, 0.05) is 6.04 Å². The summed E-state index contributed by atoms with van der Waals surface area (Å²) in [6.45, 7) is 6.61. The molecule has 3 heteroatoms. The lowest BCUT2D eigenvalue weighted by Crippen LogP contribution is -2.45. The first-order valence-corrected chi connectivity index (χ1v) is 7.55. The Bertz CT molecular complexity index is 458. The van der Waals surface area contributed by atoms with E-state index in [-0.39, 0.29) is 12.5 Å². The van der Waals surface area contributed by atoms with Crippen molar-refractivity contribution >= 4 is 5.91 Å². The number of amides is 1. The third-order valence-electron chi connectivity index (χ3n) is 4.41. The third kappa shape index (κ3) is 3.99. The molecule has 1 aromatic carbocycles. The lowest BCUT2D eigenvalue weighted by Gasteiger charge is -2.34. The largest absolute Gasteiger partial charge is 0.484 e. The zero-order valence-electron chi connectivity index (χ0n) is 12.7. The normalized spacial score (nSPS) is 26.1. The van der Waals surface area contributed by atoms with Crippen LogP contribution in [0.4, 0.5) is 0 Å². The van der Waals surface area contributed by atoms with E-state index in [1.807, 2.05) is 31.2 Å². The monoisotopic (exact) mass is 275 g/mol. The first-order valence-electron chi connectivity index (χ1n) is 7.55. The van der Waals surface area contributed by atoms with Crippen LogP contribution in [-0.4, -0.2) is 18.6 Å². The molecule has 0 aliphatic heterocycles. The van der Waals surface area contributed by atoms with Crippen molar-refractivity contribution < 1.29 is 9.53 Å². The molecule has 0 saturated heterocycles. The van der Waals surface area contributed by atoms with Gasteiger partial charge in [0.05, 0.1) is 0 Å². The van der Waals surface area contributed by atoms with Gasteiger partial charge >= 0.3 is 0 Å². The minimum atomic E-state index is -0.0162. The molecule has 0 spiro atoms. The second kappa shape index (κ2) is 6.78. The molecule has 1 aliphatic rings. The van der Waals surface area contributed by atoms with E-state index in [2.05, 4.69) is 19.2 Å². The second-order valence-electron chi connectivity index (χ2n) is 6.05. The van der Waals surface area contributed by atoms with Gasteiger partial charge in [0.15, 0.2) is 6.61 Å². The SMILES string of the molecule is Cc1cccc(OCC(=O)N[C@@H]2CCC[C@H](C)[C@@H]2C)c1. The van der Waals surface area contributed by atoms with Crippen LogP contribution < -0.4 is 10.1 Å². The molecule has 0 aromatic heterocycles. The number of hydrogen-bond donors (Lipinski definition) is 1. The second-order valence-corrected chi connectivity index (χ2v) is 6.05. The van der Waals surface area contributed by atoms with E-state index in [0.717, 1.165) is 17.7 Å². The number of ether oxygens (including phenoxy) is 1. The predicted octanol–water partition coefficient (Wildman–Crippen LogP) is 3.31. The van der Waals surface area contributed by atoms with Gasteiger partial charge in [0.25, 0.3) is 5.91 Å². The maximum absolute atomic E-state index is 12.0. The first kappa shape index (κ1) is 14.9.